The summed E-state index contributed by atoms with van der Waals surface area (Å²) >= 11 is 0. The van der Waals surface area contributed by atoms with Crippen LogP contribution in [0.15, 0.2) is 54.7 Å². The van der Waals surface area contributed by atoms with Crippen LogP contribution in [0, 0.1) is 0 Å². The van der Waals surface area contributed by atoms with Crippen LogP contribution in [0.5, 0.6) is 0 Å². The normalized spacial score (nSPS) is 10.7. The molecule has 0 aliphatic rings. The van der Waals surface area contributed by atoms with Gasteiger partial charge in [-0.25, -0.2) is 0 Å². The maximum Gasteiger partial charge on any atom is 0.253 e. The van der Waals surface area contributed by atoms with Crippen LogP contribution in [-0.2, 0) is 6.54 Å². The van der Waals surface area contributed by atoms with Crippen LogP contribution in [0.3, 0.4) is 0 Å². The fourth-order valence-electron chi connectivity index (χ4n) is 2.22. The first-order chi connectivity index (χ1) is 9.74. The van der Waals surface area contributed by atoms with Gasteiger partial charge in [0, 0.05) is 24.5 Å². The third-order valence-electron chi connectivity index (χ3n) is 3.30. The molecule has 100 valence electrons. The minimum absolute atomic E-state index is 0.00496. The molecule has 2 aromatic carbocycles. The molecule has 0 aliphatic carbocycles. The average molecular weight is 265 g/mol. The first-order valence-corrected chi connectivity index (χ1v) is 6.46. The van der Waals surface area contributed by atoms with E-state index in [4.69, 9.17) is 0 Å². The Bertz CT molecular complexity index is 734. The topological polar surface area (TPSA) is 49.0 Å². The Kier molecular flexibility index (Phi) is 3.21. The number of carbonyl (C=O) groups is 1. The second kappa shape index (κ2) is 5.17. The predicted octanol–water partition coefficient (Wildman–Crippen LogP) is 2.84. The third kappa shape index (κ3) is 2.40. The Morgan fingerprint density at radius 2 is 2.00 bits per heavy atom. The summed E-state index contributed by atoms with van der Waals surface area (Å²) in [6.45, 7) is 0.598. The van der Waals surface area contributed by atoms with Crippen LogP contribution in [-0.4, -0.2) is 28.1 Å². The van der Waals surface area contributed by atoms with Crippen molar-refractivity contribution in [2.45, 2.75) is 6.54 Å². The van der Waals surface area contributed by atoms with Crippen molar-refractivity contribution >= 4 is 16.8 Å². The van der Waals surface area contributed by atoms with E-state index in [9.17, 15) is 4.79 Å². The molecule has 20 heavy (non-hydrogen) atoms. The molecule has 1 amide bonds. The Balaban J connectivity index is 1.80. The van der Waals surface area contributed by atoms with E-state index in [-0.39, 0.29) is 5.91 Å². The van der Waals surface area contributed by atoms with Crippen LogP contribution >= 0.6 is 0 Å². The van der Waals surface area contributed by atoms with Crippen LogP contribution < -0.4 is 0 Å². The highest BCUT2D eigenvalue weighted by atomic mass is 16.2. The van der Waals surface area contributed by atoms with Gasteiger partial charge in [-0.3, -0.25) is 9.89 Å². The smallest absolute Gasteiger partial charge is 0.253 e. The molecule has 1 N–H and O–H groups in total. The van der Waals surface area contributed by atoms with Crippen molar-refractivity contribution in [2.75, 3.05) is 7.05 Å². The van der Waals surface area contributed by atoms with E-state index in [1.54, 1.807) is 11.1 Å². The molecule has 0 radical (unpaired) electrons. The van der Waals surface area contributed by atoms with Gasteiger partial charge in [0.2, 0.25) is 0 Å². The van der Waals surface area contributed by atoms with E-state index in [1.165, 1.54) is 0 Å². The molecular weight excluding hydrogens is 250 g/mol. The Labute approximate surface area is 117 Å². The van der Waals surface area contributed by atoms with Gasteiger partial charge in [-0.1, -0.05) is 36.4 Å². The number of hydrogen-bond acceptors (Lipinski definition) is 2. The summed E-state index contributed by atoms with van der Waals surface area (Å²) in [5, 5.41) is 7.85. The van der Waals surface area contributed by atoms with Crippen molar-refractivity contribution in [1.29, 1.82) is 0 Å². The first-order valence-electron chi connectivity index (χ1n) is 6.46. The van der Waals surface area contributed by atoms with Crippen LogP contribution in [0.1, 0.15) is 15.9 Å². The van der Waals surface area contributed by atoms with Gasteiger partial charge in [-0.05, 0) is 17.7 Å². The van der Waals surface area contributed by atoms with Crippen LogP contribution in [0.2, 0.25) is 0 Å². The summed E-state index contributed by atoms with van der Waals surface area (Å²) in [5.74, 6) is 0.00496. The molecule has 0 atom stereocenters. The molecular formula is C16H15N3O. The molecule has 3 aromatic rings. The number of hydrogen-bond donors (Lipinski definition) is 1. The maximum absolute atomic E-state index is 12.4. The van der Waals surface area contributed by atoms with E-state index in [2.05, 4.69) is 10.2 Å². The predicted molar refractivity (Wildman–Crippen MR) is 78.3 cm³/mol. The van der Waals surface area contributed by atoms with E-state index >= 15 is 0 Å². The molecule has 4 nitrogen and oxygen atoms in total. The molecule has 0 spiro atoms. The summed E-state index contributed by atoms with van der Waals surface area (Å²) < 4.78 is 0. The van der Waals surface area contributed by atoms with Crippen molar-refractivity contribution < 1.29 is 4.79 Å². The number of nitrogens with zero attached hydrogens (tertiary/aromatic N) is 2. The monoisotopic (exact) mass is 265 g/mol. The molecule has 1 heterocycles. The van der Waals surface area contributed by atoms with Gasteiger partial charge in [-0.2, -0.15) is 5.10 Å². The van der Waals surface area contributed by atoms with Gasteiger partial charge >= 0.3 is 0 Å². The number of aromatic nitrogens is 2. The van der Waals surface area contributed by atoms with Gasteiger partial charge in [0.15, 0.2) is 0 Å². The van der Waals surface area contributed by atoms with Crippen molar-refractivity contribution in [3.05, 3.63) is 65.9 Å². The number of H-pyrrole nitrogens is 1. The molecule has 1 aromatic heterocycles. The highest BCUT2D eigenvalue weighted by Crippen LogP contribution is 2.15. The number of fused-ring (bicyclic) bond motifs is 1. The molecule has 0 saturated carbocycles. The Hall–Kier alpha value is -2.62. The standard InChI is InChI=1S/C16H15N3O/c1-19(11-12-5-3-2-4-6-12)16(20)13-7-8-14-10-17-18-15(14)9-13/h2-10H,11H2,1H3,(H,17,18). The fourth-order valence-corrected chi connectivity index (χ4v) is 2.22. The lowest BCUT2D eigenvalue weighted by molar-refractivity contribution is 0.0785. The number of amides is 1. The highest BCUT2D eigenvalue weighted by molar-refractivity contribution is 5.97. The van der Waals surface area contributed by atoms with Crippen LogP contribution in [0.25, 0.3) is 10.9 Å². The zero-order valence-corrected chi connectivity index (χ0v) is 11.2. The summed E-state index contributed by atoms with van der Waals surface area (Å²) in [6.07, 6.45) is 1.75. The zero-order chi connectivity index (χ0) is 13.9. The molecule has 0 unspecified atom stereocenters. The van der Waals surface area contributed by atoms with Gasteiger partial charge in [0.1, 0.15) is 0 Å². The Morgan fingerprint density at radius 1 is 1.20 bits per heavy atom. The molecule has 0 fully saturated rings. The number of rotatable bonds is 3. The lowest BCUT2D eigenvalue weighted by atomic mass is 10.1. The molecule has 0 saturated heterocycles. The van der Waals surface area contributed by atoms with Gasteiger partial charge < -0.3 is 4.90 Å². The molecule has 0 bridgehead atoms. The van der Waals surface area contributed by atoms with E-state index in [0.29, 0.717) is 12.1 Å². The third-order valence-corrected chi connectivity index (χ3v) is 3.30. The number of aromatic amines is 1. The second-order valence-corrected chi connectivity index (χ2v) is 4.82. The fraction of sp³-hybridized carbons (Fsp3) is 0.125. The first kappa shape index (κ1) is 12.4. The van der Waals surface area contributed by atoms with Crippen LogP contribution in [0.4, 0.5) is 0 Å². The summed E-state index contributed by atoms with van der Waals surface area (Å²) in [5.41, 5.74) is 2.66. The molecule has 3 rings (SSSR count). The van der Waals surface area contributed by atoms with E-state index in [0.717, 1.165) is 16.5 Å². The maximum atomic E-state index is 12.4. The zero-order valence-electron chi connectivity index (χ0n) is 11.2. The van der Waals surface area contributed by atoms with Crippen molar-refractivity contribution in [3.63, 3.8) is 0 Å². The van der Waals surface area contributed by atoms with E-state index in [1.807, 2.05) is 55.6 Å². The number of carbonyl (C=O) groups excluding carboxylic acids is 1. The summed E-state index contributed by atoms with van der Waals surface area (Å²) in [6, 6.07) is 15.5. The summed E-state index contributed by atoms with van der Waals surface area (Å²) in [4.78, 5) is 14.1. The Morgan fingerprint density at radius 3 is 2.80 bits per heavy atom. The number of nitrogens with one attached hydrogen (secondary N) is 1. The summed E-state index contributed by atoms with van der Waals surface area (Å²) in [7, 11) is 1.81. The molecule has 4 heteroatoms. The quantitative estimate of drug-likeness (QED) is 0.791. The minimum atomic E-state index is 0.00496. The van der Waals surface area contributed by atoms with Gasteiger partial charge in [0.25, 0.3) is 5.91 Å². The lowest BCUT2D eigenvalue weighted by Crippen LogP contribution is -2.26. The van der Waals surface area contributed by atoms with E-state index < -0.39 is 0 Å². The number of benzene rings is 2. The SMILES string of the molecule is CN(Cc1ccccc1)C(=O)c1ccc2cn[nH]c2c1. The average Bonchev–Trinajstić information content (AvgIpc) is 2.94. The van der Waals surface area contributed by atoms with Crippen molar-refractivity contribution in [1.82, 2.24) is 15.1 Å². The van der Waals surface area contributed by atoms with Crippen molar-refractivity contribution in [2.24, 2.45) is 0 Å². The minimum Gasteiger partial charge on any atom is -0.337 e. The lowest BCUT2D eigenvalue weighted by Gasteiger charge is -2.17. The molecule has 0 aliphatic heterocycles. The van der Waals surface area contributed by atoms with Gasteiger partial charge in [-0.15, -0.1) is 0 Å². The van der Waals surface area contributed by atoms with Gasteiger partial charge in [0.05, 0.1) is 11.7 Å². The largest absolute Gasteiger partial charge is 0.337 e. The second-order valence-electron chi connectivity index (χ2n) is 4.82. The highest BCUT2D eigenvalue weighted by Gasteiger charge is 2.12. The van der Waals surface area contributed by atoms with Crippen molar-refractivity contribution in [3.8, 4) is 0 Å².